The molecular weight excluding hydrogens is 226 g/mol. The maximum atomic E-state index is 11.4. The SMILES string of the molecule is NCCCNCC(=O)Nc1ccc(Cl)cc1. The van der Waals surface area contributed by atoms with Gasteiger partial charge in [-0.3, -0.25) is 4.79 Å². The number of rotatable bonds is 6. The van der Waals surface area contributed by atoms with Crippen LogP contribution in [0.1, 0.15) is 6.42 Å². The quantitative estimate of drug-likeness (QED) is 0.656. The number of anilines is 1. The Bertz CT molecular complexity index is 327. The van der Waals surface area contributed by atoms with Crippen LogP contribution in [0.5, 0.6) is 0 Å². The number of benzene rings is 1. The molecule has 0 spiro atoms. The molecule has 0 saturated carbocycles. The van der Waals surface area contributed by atoms with Crippen molar-refractivity contribution in [3.05, 3.63) is 29.3 Å². The first-order valence-electron chi connectivity index (χ1n) is 5.18. The molecule has 0 saturated heterocycles. The maximum Gasteiger partial charge on any atom is 0.238 e. The van der Waals surface area contributed by atoms with E-state index in [1.807, 2.05) is 0 Å². The molecule has 16 heavy (non-hydrogen) atoms. The van der Waals surface area contributed by atoms with Crippen LogP contribution in [0.4, 0.5) is 5.69 Å². The van der Waals surface area contributed by atoms with Gasteiger partial charge in [0.25, 0.3) is 0 Å². The molecule has 5 heteroatoms. The fraction of sp³-hybridized carbons (Fsp3) is 0.364. The van der Waals surface area contributed by atoms with Gasteiger partial charge in [-0.25, -0.2) is 0 Å². The molecule has 0 aliphatic carbocycles. The Morgan fingerprint density at radius 2 is 2.00 bits per heavy atom. The Morgan fingerprint density at radius 1 is 1.31 bits per heavy atom. The third-order valence-electron chi connectivity index (χ3n) is 1.97. The molecule has 0 aliphatic rings. The van der Waals surface area contributed by atoms with Crippen molar-refractivity contribution in [2.75, 3.05) is 25.0 Å². The van der Waals surface area contributed by atoms with E-state index in [9.17, 15) is 4.79 Å². The molecular formula is C11H16ClN3O. The van der Waals surface area contributed by atoms with Crippen molar-refractivity contribution in [1.29, 1.82) is 0 Å². The van der Waals surface area contributed by atoms with Crippen molar-refractivity contribution in [3.63, 3.8) is 0 Å². The summed E-state index contributed by atoms with van der Waals surface area (Å²) in [6.07, 6.45) is 0.869. The van der Waals surface area contributed by atoms with E-state index < -0.39 is 0 Å². The van der Waals surface area contributed by atoms with Gasteiger partial charge in [0.15, 0.2) is 0 Å². The lowest BCUT2D eigenvalue weighted by Gasteiger charge is -2.06. The molecule has 4 N–H and O–H groups in total. The minimum atomic E-state index is -0.0701. The molecule has 0 radical (unpaired) electrons. The number of nitrogens with one attached hydrogen (secondary N) is 2. The summed E-state index contributed by atoms with van der Waals surface area (Å²) in [5.41, 5.74) is 6.08. The summed E-state index contributed by atoms with van der Waals surface area (Å²) in [5, 5.41) is 6.41. The van der Waals surface area contributed by atoms with Crippen LogP contribution >= 0.6 is 11.6 Å². The number of amides is 1. The fourth-order valence-electron chi connectivity index (χ4n) is 1.17. The highest BCUT2D eigenvalue weighted by molar-refractivity contribution is 6.30. The van der Waals surface area contributed by atoms with Crippen LogP contribution in [-0.4, -0.2) is 25.5 Å². The monoisotopic (exact) mass is 241 g/mol. The van der Waals surface area contributed by atoms with Gasteiger partial charge in [0.05, 0.1) is 6.54 Å². The second kappa shape index (κ2) is 7.22. The van der Waals surface area contributed by atoms with E-state index in [2.05, 4.69) is 10.6 Å². The van der Waals surface area contributed by atoms with E-state index in [4.69, 9.17) is 17.3 Å². The van der Waals surface area contributed by atoms with Gasteiger partial charge < -0.3 is 16.4 Å². The average molecular weight is 242 g/mol. The summed E-state index contributed by atoms with van der Waals surface area (Å²) >= 11 is 5.73. The smallest absolute Gasteiger partial charge is 0.238 e. The van der Waals surface area contributed by atoms with Crippen molar-refractivity contribution in [2.24, 2.45) is 5.73 Å². The molecule has 1 aromatic rings. The van der Waals surface area contributed by atoms with Crippen molar-refractivity contribution < 1.29 is 4.79 Å². The van der Waals surface area contributed by atoms with Gasteiger partial charge >= 0.3 is 0 Å². The summed E-state index contributed by atoms with van der Waals surface area (Å²) in [6, 6.07) is 7.00. The van der Waals surface area contributed by atoms with Gasteiger partial charge in [0, 0.05) is 10.7 Å². The molecule has 4 nitrogen and oxygen atoms in total. The van der Waals surface area contributed by atoms with Gasteiger partial charge in [-0.15, -0.1) is 0 Å². The Kier molecular flexibility index (Phi) is 5.85. The molecule has 0 unspecified atom stereocenters. The zero-order valence-corrected chi connectivity index (χ0v) is 9.76. The van der Waals surface area contributed by atoms with Crippen molar-refractivity contribution in [3.8, 4) is 0 Å². The number of hydrogen-bond donors (Lipinski definition) is 3. The summed E-state index contributed by atoms with van der Waals surface area (Å²) in [6.45, 7) is 1.68. The van der Waals surface area contributed by atoms with Crippen LogP contribution in [0.25, 0.3) is 0 Å². The third-order valence-corrected chi connectivity index (χ3v) is 2.22. The highest BCUT2D eigenvalue weighted by atomic mass is 35.5. The van der Waals surface area contributed by atoms with Crippen molar-refractivity contribution in [2.45, 2.75) is 6.42 Å². The predicted octanol–water partition coefficient (Wildman–Crippen LogP) is 1.22. The molecule has 88 valence electrons. The van der Waals surface area contributed by atoms with E-state index >= 15 is 0 Å². The van der Waals surface area contributed by atoms with Gasteiger partial charge in [-0.05, 0) is 43.8 Å². The topological polar surface area (TPSA) is 67.1 Å². The fourth-order valence-corrected chi connectivity index (χ4v) is 1.29. The first kappa shape index (κ1) is 13.0. The van der Waals surface area contributed by atoms with Crippen LogP contribution in [-0.2, 0) is 4.79 Å². The molecule has 1 rings (SSSR count). The number of hydrogen-bond acceptors (Lipinski definition) is 3. The normalized spacial score (nSPS) is 10.1. The highest BCUT2D eigenvalue weighted by Gasteiger charge is 2.00. The van der Waals surface area contributed by atoms with E-state index in [1.165, 1.54) is 0 Å². The van der Waals surface area contributed by atoms with Gasteiger partial charge in [-0.1, -0.05) is 11.6 Å². The van der Waals surface area contributed by atoms with Gasteiger partial charge in [-0.2, -0.15) is 0 Å². The Hall–Kier alpha value is -1.10. The molecule has 0 aromatic heterocycles. The average Bonchev–Trinajstić information content (AvgIpc) is 2.28. The van der Waals surface area contributed by atoms with Gasteiger partial charge in [0.1, 0.15) is 0 Å². The highest BCUT2D eigenvalue weighted by Crippen LogP contribution is 2.12. The zero-order valence-electron chi connectivity index (χ0n) is 9.00. The first-order chi connectivity index (χ1) is 7.72. The van der Waals surface area contributed by atoms with Crippen molar-refractivity contribution >= 4 is 23.2 Å². The number of halogens is 1. The number of carbonyl (C=O) groups excluding carboxylic acids is 1. The summed E-state index contributed by atoms with van der Waals surface area (Å²) in [4.78, 5) is 11.4. The van der Waals surface area contributed by atoms with Crippen LogP contribution in [0.3, 0.4) is 0 Å². The molecule has 0 bridgehead atoms. The van der Waals surface area contributed by atoms with E-state index in [0.717, 1.165) is 18.7 Å². The van der Waals surface area contributed by atoms with Crippen molar-refractivity contribution in [1.82, 2.24) is 5.32 Å². The van der Waals surface area contributed by atoms with Crippen LogP contribution < -0.4 is 16.4 Å². The lowest BCUT2D eigenvalue weighted by Crippen LogP contribution is -2.29. The van der Waals surface area contributed by atoms with E-state index in [-0.39, 0.29) is 5.91 Å². The second-order valence-electron chi connectivity index (χ2n) is 3.37. The molecule has 0 aliphatic heterocycles. The third kappa shape index (κ3) is 5.11. The largest absolute Gasteiger partial charge is 0.330 e. The first-order valence-corrected chi connectivity index (χ1v) is 5.56. The summed E-state index contributed by atoms with van der Waals surface area (Å²) in [7, 11) is 0. The number of nitrogens with two attached hydrogens (primary N) is 1. The van der Waals surface area contributed by atoms with Gasteiger partial charge in [0.2, 0.25) is 5.91 Å². The van der Waals surface area contributed by atoms with E-state index in [0.29, 0.717) is 18.1 Å². The minimum Gasteiger partial charge on any atom is -0.330 e. The Morgan fingerprint density at radius 3 is 2.62 bits per heavy atom. The second-order valence-corrected chi connectivity index (χ2v) is 3.81. The lowest BCUT2D eigenvalue weighted by atomic mass is 10.3. The number of carbonyl (C=O) groups is 1. The van der Waals surface area contributed by atoms with Crippen LogP contribution in [0, 0.1) is 0 Å². The molecule has 1 amide bonds. The van der Waals surface area contributed by atoms with E-state index in [1.54, 1.807) is 24.3 Å². The Balaban J connectivity index is 2.26. The summed E-state index contributed by atoms with van der Waals surface area (Å²) in [5.74, 6) is -0.0701. The summed E-state index contributed by atoms with van der Waals surface area (Å²) < 4.78 is 0. The Labute approximate surface area is 100 Å². The molecule has 1 aromatic carbocycles. The zero-order chi connectivity index (χ0) is 11.8. The standard InChI is InChI=1S/C11H16ClN3O/c12-9-2-4-10(5-3-9)15-11(16)8-14-7-1-6-13/h2-5,14H,1,6-8,13H2,(H,15,16). The maximum absolute atomic E-state index is 11.4. The molecule has 0 fully saturated rings. The minimum absolute atomic E-state index is 0.0701. The van der Waals surface area contributed by atoms with Crippen LogP contribution in [0.15, 0.2) is 24.3 Å². The lowest BCUT2D eigenvalue weighted by molar-refractivity contribution is -0.115. The predicted molar refractivity (Wildman–Crippen MR) is 66.6 cm³/mol. The van der Waals surface area contributed by atoms with Crippen LogP contribution in [0.2, 0.25) is 5.02 Å². The molecule has 0 heterocycles. The molecule has 0 atom stereocenters.